The number of aliphatic hydroxyl groups is 1. The minimum Gasteiger partial charge on any atom is -0.391 e. The molecule has 25 heavy (non-hydrogen) atoms. The summed E-state index contributed by atoms with van der Waals surface area (Å²) in [6.45, 7) is 2.36. The topological polar surface area (TPSA) is 87.2 Å². The molecule has 6 heteroatoms. The van der Waals surface area contributed by atoms with E-state index < -0.39 is 6.10 Å². The number of aromatic amines is 1. The van der Waals surface area contributed by atoms with Gasteiger partial charge in [-0.25, -0.2) is 0 Å². The van der Waals surface area contributed by atoms with E-state index in [2.05, 4.69) is 15.5 Å². The quantitative estimate of drug-likeness (QED) is 0.779. The van der Waals surface area contributed by atoms with Crippen LogP contribution in [0, 0.1) is 6.92 Å². The first-order chi connectivity index (χ1) is 12.1. The number of aliphatic hydroxyl groups excluding tert-OH is 1. The van der Waals surface area contributed by atoms with Gasteiger partial charge in [0.2, 0.25) is 0 Å². The Morgan fingerprint density at radius 1 is 1.40 bits per heavy atom. The van der Waals surface area contributed by atoms with Crippen molar-refractivity contribution in [2.24, 2.45) is 0 Å². The summed E-state index contributed by atoms with van der Waals surface area (Å²) in [6, 6.07) is 7.32. The Balaban J connectivity index is 1.82. The van der Waals surface area contributed by atoms with Gasteiger partial charge in [-0.1, -0.05) is 25.0 Å². The summed E-state index contributed by atoms with van der Waals surface area (Å²) in [5, 5.41) is 20.3. The largest absolute Gasteiger partial charge is 0.391 e. The molecule has 1 saturated carbocycles. The summed E-state index contributed by atoms with van der Waals surface area (Å²) in [7, 11) is 1.63. The lowest BCUT2D eigenvalue weighted by molar-refractivity contribution is 0.0717. The molecule has 6 nitrogen and oxygen atoms in total. The summed E-state index contributed by atoms with van der Waals surface area (Å²) < 4.78 is 5.20. The molecule has 3 rings (SSSR count). The Bertz CT molecular complexity index is 741. The first-order valence-electron chi connectivity index (χ1n) is 8.72. The number of amides is 1. The van der Waals surface area contributed by atoms with Crippen molar-refractivity contribution in [3.05, 3.63) is 41.2 Å². The number of ether oxygens (including phenoxy) is 1. The van der Waals surface area contributed by atoms with Crippen LogP contribution in [-0.4, -0.2) is 40.5 Å². The minimum absolute atomic E-state index is 0.151. The average molecular weight is 343 g/mol. The monoisotopic (exact) mass is 343 g/mol. The molecule has 0 bridgehead atoms. The van der Waals surface area contributed by atoms with Crippen molar-refractivity contribution in [3.8, 4) is 11.1 Å². The van der Waals surface area contributed by atoms with Crippen LogP contribution in [0.25, 0.3) is 11.1 Å². The molecule has 2 atom stereocenters. The highest BCUT2D eigenvalue weighted by Gasteiger charge is 2.25. The third kappa shape index (κ3) is 3.91. The lowest BCUT2D eigenvalue weighted by Gasteiger charge is -2.28. The highest BCUT2D eigenvalue weighted by Crippen LogP contribution is 2.27. The van der Waals surface area contributed by atoms with Crippen LogP contribution in [-0.2, 0) is 11.3 Å². The summed E-state index contributed by atoms with van der Waals surface area (Å²) in [5.74, 6) is -0.151. The average Bonchev–Trinajstić information content (AvgIpc) is 2.98. The molecule has 3 N–H and O–H groups in total. The van der Waals surface area contributed by atoms with Gasteiger partial charge in [0.1, 0.15) is 0 Å². The van der Waals surface area contributed by atoms with Crippen molar-refractivity contribution in [1.82, 2.24) is 15.5 Å². The van der Waals surface area contributed by atoms with Gasteiger partial charge in [0.15, 0.2) is 0 Å². The van der Waals surface area contributed by atoms with Crippen LogP contribution in [0.5, 0.6) is 0 Å². The van der Waals surface area contributed by atoms with Crippen molar-refractivity contribution >= 4 is 5.91 Å². The fourth-order valence-corrected chi connectivity index (χ4v) is 3.45. The molecule has 0 aliphatic heterocycles. The summed E-state index contributed by atoms with van der Waals surface area (Å²) in [5.41, 5.74) is 4.23. The maximum Gasteiger partial charge on any atom is 0.251 e. The predicted octanol–water partition coefficient (Wildman–Crippen LogP) is 2.56. The zero-order valence-electron chi connectivity index (χ0n) is 14.7. The highest BCUT2D eigenvalue weighted by molar-refractivity contribution is 5.95. The molecule has 134 valence electrons. The van der Waals surface area contributed by atoms with E-state index in [1.807, 2.05) is 25.1 Å². The minimum atomic E-state index is -0.453. The van der Waals surface area contributed by atoms with Gasteiger partial charge in [0, 0.05) is 23.9 Å². The Hall–Kier alpha value is -2.18. The number of nitrogens with zero attached hydrogens (tertiary/aromatic N) is 1. The van der Waals surface area contributed by atoms with Gasteiger partial charge in [0.05, 0.1) is 24.4 Å². The van der Waals surface area contributed by atoms with Crippen LogP contribution in [0.4, 0.5) is 0 Å². The standard InChI is InChI=1S/C19H25N3O3/c1-12-18(16(11-25-2)22-21-12)13-6-5-7-14(10-13)19(24)20-15-8-3-4-9-17(15)23/h5-7,10,15,17,23H,3-4,8-9,11H2,1-2H3,(H,20,24)(H,21,22)/t15-,17-/m0/s1. The lowest BCUT2D eigenvalue weighted by Crippen LogP contribution is -2.45. The van der Waals surface area contributed by atoms with Crippen LogP contribution in [0.15, 0.2) is 24.3 Å². The van der Waals surface area contributed by atoms with Crippen LogP contribution < -0.4 is 5.32 Å². The van der Waals surface area contributed by atoms with Crippen LogP contribution >= 0.6 is 0 Å². The molecule has 0 saturated heterocycles. The van der Waals surface area contributed by atoms with E-state index in [9.17, 15) is 9.90 Å². The Kier molecular flexibility index (Phi) is 5.50. The van der Waals surface area contributed by atoms with Crippen molar-refractivity contribution < 1.29 is 14.6 Å². The first kappa shape index (κ1) is 17.6. The van der Waals surface area contributed by atoms with Gasteiger partial charge < -0.3 is 15.2 Å². The Morgan fingerprint density at radius 2 is 2.20 bits per heavy atom. The first-order valence-corrected chi connectivity index (χ1v) is 8.72. The molecule has 1 aromatic carbocycles. The third-order valence-electron chi connectivity index (χ3n) is 4.76. The third-order valence-corrected chi connectivity index (χ3v) is 4.76. The number of carbonyl (C=O) groups excluding carboxylic acids is 1. The van der Waals surface area contributed by atoms with Crippen LogP contribution in [0.3, 0.4) is 0 Å². The number of hydrogen-bond acceptors (Lipinski definition) is 4. The number of rotatable bonds is 5. The van der Waals surface area contributed by atoms with Gasteiger partial charge >= 0.3 is 0 Å². The number of methoxy groups -OCH3 is 1. The summed E-state index contributed by atoms with van der Waals surface area (Å²) in [6.07, 6.45) is 3.18. The van der Waals surface area contributed by atoms with Crippen molar-refractivity contribution in [3.63, 3.8) is 0 Å². The zero-order valence-corrected chi connectivity index (χ0v) is 14.7. The molecule has 1 aliphatic rings. The molecular weight excluding hydrogens is 318 g/mol. The number of nitrogens with one attached hydrogen (secondary N) is 2. The Morgan fingerprint density at radius 3 is 2.96 bits per heavy atom. The molecule has 1 heterocycles. The SMILES string of the molecule is COCc1n[nH]c(C)c1-c1cccc(C(=O)N[C@H]2CCCC[C@@H]2O)c1. The molecule has 2 aromatic rings. The van der Waals surface area contributed by atoms with E-state index in [0.717, 1.165) is 48.2 Å². The number of aryl methyl sites for hydroxylation is 1. The smallest absolute Gasteiger partial charge is 0.251 e. The number of hydrogen-bond donors (Lipinski definition) is 3. The van der Waals surface area contributed by atoms with Crippen LogP contribution in [0.2, 0.25) is 0 Å². The van der Waals surface area contributed by atoms with Crippen molar-refractivity contribution in [2.75, 3.05) is 7.11 Å². The van der Waals surface area contributed by atoms with E-state index >= 15 is 0 Å². The maximum atomic E-state index is 12.6. The second-order valence-corrected chi connectivity index (χ2v) is 6.62. The maximum absolute atomic E-state index is 12.6. The van der Waals surface area contributed by atoms with E-state index in [1.165, 1.54) is 0 Å². The Labute approximate surface area is 147 Å². The second-order valence-electron chi connectivity index (χ2n) is 6.62. The molecular formula is C19H25N3O3. The molecule has 1 aromatic heterocycles. The van der Waals surface area contributed by atoms with Crippen molar-refractivity contribution in [1.29, 1.82) is 0 Å². The summed E-state index contributed by atoms with van der Waals surface area (Å²) >= 11 is 0. The van der Waals surface area contributed by atoms with Gasteiger partial charge in [-0.05, 0) is 37.5 Å². The highest BCUT2D eigenvalue weighted by atomic mass is 16.5. The number of benzene rings is 1. The number of H-pyrrole nitrogens is 1. The number of carbonyl (C=O) groups is 1. The predicted molar refractivity (Wildman–Crippen MR) is 95.2 cm³/mol. The lowest BCUT2D eigenvalue weighted by atomic mass is 9.92. The molecule has 0 spiro atoms. The van der Waals surface area contributed by atoms with Crippen molar-refractivity contribution in [2.45, 2.75) is 51.4 Å². The molecule has 1 aliphatic carbocycles. The van der Waals surface area contributed by atoms with Gasteiger partial charge in [-0.15, -0.1) is 0 Å². The van der Waals surface area contributed by atoms with Gasteiger partial charge in [0.25, 0.3) is 5.91 Å². The van der Waals surface area contributed by atoms with Crippen LogP contribution in [0.1, 0.15) is 47.4 Å². The number of aromatic nitrogens is 2. The second kappa shape index (κ2) is 7.80. The van der Waals surface area contributed by atoms with E-state index in [1.54, 1.807) is 13.2 Å². The van der Waals surface area contributed by atoms with Gasteiger partial charge in [-0.2, -0.15) is 5.10 Å². The van der Waals surface area contributed by atoms with E-state index in [4.69, 9.17) is 4.74 Å². The molecule has 0 unspecified atom stereocenters. The summed E-state index contributed by atoms with van der Waals surface area (Å²) in [4.78, 5) is 12.6. The zero-order chi connectivity index (χ0) is 17.8. The fourth-order valence-electron chi connectivity index (χ4n) is 3.45. The van der Waals surface area contributed by atoms with Gasteiger partial charge in [-0.3, -0.25) is 9.89 Å². The molecule has 1 fully saturated rings. The van der Waals surface area contributed by atoms with E-state index in [0.29, 0.717) is 12.2 Å². The molecule has 1 amide bonds. The van der Waals surface area contributed by atoms with E-state index in [-0.39, 0.29) is 11.9 Å². The molecule has 0 radical (unpaired) electrons. The normalized spacial score (nSPS) is 20.4. The fraction of sp³-hybridized carbons (Fsp3) is 0.474.